The molecule has 3 aliphatic rings. The van der Waals surface area contributed by atoms with Gasteiger partial charge in [-0.3, -0.25) is 4.79 Å². The van der Waals surface area contributed by atoms with Crippen LogP contribution in [0.4, 0.5) is 0 Å². The lowest BCUT2D eigenvalue weighted by atomic mass is 9.97. The topological polar surface area (TPSA) is 54.0 Å². The molecule has 28 heavy (non-hydrogen) atoms. The van der Waals surface area contributed by atoms with E-state index in [9.17, 15) is 4.79 Å². The summed E-state index contributed by atoms with van der Waals surface area (Å²) in [7, 11) is 0. The molecule has 0 saturated heterocycles. The molecule has 2 heterocycles. The Morgan fingerprint density at radius 1 is 0.679 bits per heavy atom. The number of ketones is 1. The predicted octanol–water partition coefficient (Wildman–Crippen LogP) is 4.75. The van der Waals surface area contributed by atoms with Crippen LogP contribution in [0.2, 0.25) is 0 Å². The van der Waals surface area contributed by atoms with Gasteiger partial charge in [-0.2, -0.15) is 0 Å². The van der Waals surface area contributed by atoms with Crippen LogP contribution in [-0.4, -0.2) is 19.4 Å². The fourth-order valence-electron chi connectivity index (χ4n) is 3.85. The number of fused-ring (bicyclic) bond motifs is 2. The molecule has 0 spiro atoms. The van der Waals surface area contributed by atoms with E-state index in [1.807, 2.05) is 48.6 Å². The standard InChI is InChI=1S/C23H20O5/c24-21-15(11-17-7-3-9-19-22(17)27-13-25-19)5-1-2-6-16(21)12-18-8-4-10-20-23(18)28-14-26-20/h3-4,7-12H,1-2,5-6,13-14H2/b15-11+,16-12+. The number of para-hydroxylation sites is 2. The van der Waals surface area contributed by atoms with Crippen LogP contribution in [0.15, 0.2) is 47.5 Å². The molecule has 0 bridgehead atoms. The van der Waals surface area contributed by atoms with E-state index in [-0.39, 0.29) is 19.4 Å². The second-order valence-electron chi connectivity index (χ2n) is 7.04. The molecule has 142 valence electrons. The number of allylic oxidation sites excluding steroid dienone is 2. The first kappa shape index (κ1) is 16.9. The van der Waals surface area contributed by atoms with Crippen molar-refractivity contribution in [2.45, 2.75) is 25.7 Å². The van der Waals surface area contributed by atoms with E-state index in [1.165, 1.54) is 0 Å². The minimum atomic E-state index is 0.0885. The predicted molar refractivity (Wildman–Crippen MR) is 105 cm³/mol. The average Bonchev–Trinajstić information content (AvgIpc) is 3.35. The molecule has 2 aromatic carbocycles. The van der Waals surface area contributed by atoms with Crippen LogP contribution in [-0.2, 0) is 4.79 Å². The Bertz CT molecular complexity index is 923. The van der Waals surface area contributed by atoms with Gasteiger partial charge in [0.05, 0.1) is 0 Å². The first-order chi connectivity index (χ1) is 13.8. The third-order valence-electron chi connectivity index (χ3n) is 5.24. The summed E-state index contributed by atoms with van der Waals surface area (Å²) in [6.07, 6.45) is 7.37. The fourth-order valence-corrected chi connectivity index (χ4v) is 3.85. The lowest BCUT2D eigenvalue weighted by Gasteiger charge is -2.08. The lowest BCUT2D eigenvalue weighted by Crippen LogP contribution is -2.04. The largest absolute Gasteiger partial charge is 0.454 e. The second kappa shape index (κ2) is 7.08. The number of hydrogen-bond donors (Lipinski definition) is 0. The molecule has 0 amide bonds. The molecule has 0 N–H and O–H groups in total. The molecule has 2 aromatic rings. The summed E-state index contributed by atoms with van der Waals surface area (Å²) >= 11 is 0. The highest BCUT2D eigenvalue weighted by atomic mass is 16.7. The van der Waals surface area contributed by atoms with Crippen LogP contribution < -0.4 is 18.9 Å². The van der Waals surface area contributed by atoms with Crippen molar-refractivity contribution in [1.29, 1.82) is 0 Å². The van der Waals surface area contributed by atoms with E-state index in [2.05, 4.69) is 0 Å². The molecule has 2 aliphatic heterocycles. The molecule has 0 unspecified atom stereocenters. The summed E-state index contributed by atoms with van der Waals surface area (Å²) in [6, 6.07) is 11.5. The van der Waals surface area contributed by atoms with E-state index in [0.29, 0.717) is 11.5 Å². The number of rotatable bonds is 2. The van der Waals surface area contributed by atoms with Crippen LogP contribution in [0.5, 0.6) is 23.0 Å². The maximum Gasteiger partial charge on any atom is 0.231 e. The lowest BCUT2D eigenvalue weighted by molar-refractivity contribution is -0.112. The van der Waals surface area contributed by atoms with Crippen molar-refractivity contribution in [1.82, 2.24) is 0 Å². The number of ether oxygens (including phenoxy) is 4. The van der Waals surface area contributed by atoms with Gasteiger partial charge >= 0.3 is 0 Å². The fraction of sp³-hybridized carbons (Fsp3) is 0.261. The van der Waals surface area contributed by atoms with Crippen molar-refractivity contribution in [3.05, 3.63) is 58.7 Å². The molecule has 0 radical (unpaired) electrons. The minimum absolute atomic E-state index is 0.0885. The molecule has 5 heteroatoms. The quantitative estimate of drug-likeness (QED) is 0.559. The Hall–Kier alpha value is -3.21. The smallest absolute Gasteiger partial charge is 0.231 e. The number of hydrogen-bond acceptors (Lipinski definition) is 5. The van der Waals surface area contributed by atoms with E-state index in [1.54, 1.807) is 0 Å². The van der Waals surface area contributed by atoms with Crippen molar-refractivity contribution < 1.29 is 23.7 Å². The number of Topliss-reactive ketones (excluding diaryl/α,β-unsaturated/α-hetero) is 1. The van der Waals surface area contributed by atoms with Crippen LogP contribution >= 0.6 is 0 Å². The van der Waals surface area contributed by atoms with Crippen LogP contribution in [0.25, 0.3) is 12.2 Å². The van der Waals surface area contributed by atoms with Crippen molar-refractivity contribution in [3.63, 3.8) is 0 Å². The minimum Gasteiger partial charge on any atom is -0.454 e. The Morgan fingerprint density at radius 3 is 1.68 bits per heavy atom. The SMILES string of the molecule is O=C1/C(=C/c2cccc3c2OCO3)CCCC/C1=C\c1cccc2c1OCO2. The molecule has 0 atom stereocenters. The zero-order valence-electron chi connectivity index (χ0n) is 15.4. The van der Waals surface area contributed by atoms with E-state index < -0.39 is 0 Å². The number of carbonyl (C=O) groups is 1. The summed E-state index contributed by atoms with van der Waals surface area (Å²) in [6.45, 7) is 0.436. The highest BCUT2D eigenvalue weighted by Gasteiger charge is 2.23. The molecule has 5 rings (SSSR count). The Morgan fingerprint density at radius 2 is 1.18 bits per heavy atom. The Balaban J connectivity index is 1.51. The first-order valence-electron chi connectivity index (χ1n) is 9.53. The van der Waals surface area contributed by atoms with Crippen molar-refractivity contribution in [3.8, 4) is 23.0 Å². The summed E-state index contributed by atoms with van der Waals surface area (Å²) in [5, 5.41) is 0. The normalized spacial score (nSPS) is 20.6. The van der Waals surface area contributed by atoms with Crippen LogP contribution in [0.3, 0.4) is 0 Å². The van der Waals surface area contributed by atoms with Gasteiger partial charge in [-0.05, 0) is 50.0 Å². The molecular formula is C23H20O5. The van der Waals surface area contributed by atoms with Gasteiger partial charge in [0.2, 0.25) is 13.6 Å². The summed E-state index contributed by atoms with van der Waals surface area (Å²) < 4.78 is 22.1. The van der Waals surface area contributed by atoms with Gasteiger partial charge in [-0.25, -0.2) is 0 Å². The maximum absolute atomic E-state index is 13.3. The molecule has 1 aliphatic carbocycles. The summed E-state index contributed by atoms with van der Waals surface area (Å²) in [4.78, 5) is 13.3. The van der Waals surface area contributed by atoms with Crippen LogP contribution in [0, 0.1) is 0 Å². The number of benzene rings is 2. The Kier molecular flexibility index (Phi) is 4.28. The van der Waals surface area contributed by atoms with E-state index in [0.717, 1.165) is 59.5 Å². The van der Waals surface area contributed by atoms with Gasteiger partial charge in [-0.15, -0.1) is 0 Å². The average molecular weight is 376 g/mol. The molecule has 5 nitrogen and oxygen atoms in total. The highest BCUT2D eigenvalue weighted by molar-refractivity contribution is 6.13. The summed E-state index contributed by atoms with van der Waals surface area (Å²) in [5.41, 5.74) is 3.38. The van der Waals surface area contributed by atoms with Crippen molar-refractivity contribution >= 4 is 17.9 Å². The van der Waals surface area contributed by atoms with Crippen LogP contribution in [0.1, 0.15) is 36.8 Å². The second-order valence-corrected chi connectivity index (χ2v) is 7.04. The molecule has 1 saturated carbocycles. The van der Waals surface area contributed by atoms with E-state index in [4.69, 9.17) is 18.9 Å². The van der Waals surface area contributed by atoms with Crippen molar-refractivity contribution in [2.24, 2.45) is 0 Å². The van der Waals surface area contributed by atoms with Crippen molar-refractivity contribution in [2.75, 3.05) is 13.6 Å². The van der Waals surface area contributed by atoms with Gasteiger partial charge in [-0.1, -0.05) is 24.3 Å². The van der Waals surface area contributed by atoms with Gasteiger partial charge in [0, 0.05) is 22.3 Å². The van der Waals surface area contributed by atoms with Gasteiger partial charge in [0.1, 0.15) is 0 Å². The van der Waals surface area contributed by atoms with E-state index >= 15 is 0 Å². The number of carbonyl (C=O) groups excluding carboxylic acids is 1. The summed E-state index contributed by atoms with van der Waals surface area (Å²) in [5.74, 6) is 2.96. The monoisotopic (exact) mass is 376 g/mol. The zero-order chi connectivity index (χ0) is 18.9. The molecular weight excluding hydrogens is 356 g/mol. The molecule has 0 aromatic heterocycles. The Labute approximate surface area is 163 Å². The highest BCUT2D eigenvalue weighted by Crippen LogP contribution is 2.39. The maximum atomic E-state index is 13.3. The third-order valence-corrected chi connectivity index (χ3v) is 5.24. The van der Waals surface area contributed by atoms with Gasteiger partial charge in [0.15, 0.2) is 28.8 Å². The first-order valence-corrected chi connectivity index (χ1v) is 9.53. The zero-order valence-corrected chi connectivity index (χ0v) is 15.4. The third kappa shape index (κ3) is 3.03. The van der Waals surface area contributed by atoms with Gasteiger partial charge < -0.3 is 18.9 Å². The van der Waals surface area contributed by atoms with Gasteiger partial charge in [0.25, 0.3) is 0 Å². The molecule has 1 fully saturated rings.